The second kappa shape index (κ2) is 15.7. The third-order valence-electron chi connectivity index (χ3n) is 8.64. The van der Waals surface area contributed by atoms with Crippen molar-refractivity contribution < 1.29 is 34.4 Å². The van der Waals surface area contributed by atoms with Crippen LogP contribution in [-0.4, -0.2) is 64.4 Å². The van der Waals surface area contributed by atoms with E-state index < -0.39 is 41.9 Å². The minimum atomic E-state index is -0.992. The van der Waals surface area contributed by atoms with Crippen molar-refractivity contribution in [3.63, 3.8) is 0 Å². The fourth-order valence-electron chi connectivity index (χ4n) is 6.48. The Morgan fingerprint density at radius 1 is 1.02 bits per heavy atom. The normalized spacial score (nSPS) is 20.7. The topological polar surface area (TPSA) is 137 Å². The van der Waals surface area contributed by atoms with Crippen LogP contribution in [0.4, 0.5) is 4.79 Å². The summed E-state index contributed by atoms with van der Waals surface area (Å²) in [7, 11) is 0. The fourth-order valence-corrected chi connectivity index (χ4v) is 6.48. The Hall–Kier alpha value is -3.14. The number of alkyl carbamates (subject to hydrolysis) is 1. The van der Waals surface area contributed by atoms with E-state index in [2.05, 4.69) is 10.6 Å². The number of hydrogen-bond donors (Lipinski definition) is 5. The van der Waals surface area contributed by atoms with E-state index in [4.69, 9.17) is 14.6 Å². The molecule has 2 amide bonds. The fraction of sp³-hybridized carbons (Fsp3) is 0.600. The van der Waals surface area contributed by atoms with Gasteiger partial charge in [0.05, 0.1) is 30.9 Å². The molecule has 2 aromatic carbocycles. The molecule has 9 heteroatoms. The van der Waals surface area contributed by atoms with E-state index in [1.54, 1.807) is 32.9 Å². The molecule has 0 aliphatic heterocycles. The molecule has 2 aromatic rings. The summed E-state index contributed by atoms with van der Waals surface area (Å²) < 4.78 is 11.0. The number of benzene rings is 2. The summed E-state index contributed by atoms with van der Waals surface area (Å²) in [5.41, 5.74) is 2.11. The van der Waals surface area contributed by atoms with Gasteiger partial charge in [-0.05, 0) is 74.8 Å². The molecule has 5 N–H and O–H groups in total. The van der Waals surface area contributed by atoms with Gasteiger partial charge in [-0.25, -0.2) is 4.79 Å². The van der Waals surface area contributed by atoms with Gasteiger partial charge in [-0.2, -0.15) is 0 Å². The van der Waals surface area contributed by atoms with Crippen LogP contribution in [0.2, 0.25) is 0 Å². The number of hydrogen-bond acceptors (Lipinski definition) is 7. The van der Waals surface area contributed by atoms with Gasteiger partial charge in [-0.15, -0.1) is 0 Å². The van der Waals surface area contributed by atoms with Crippen LogP contribution in [0, 0.1) is 11.8 Å². The molecule has 4 rings (SSSR count). The van der Waals surface area contributed by atoms with E-state index in [0.717, 1.165) is 42.4 Å². The van der Waals surface area contributed by atoms with E-state index in [-0.39, 0.29) is 25.5 Å². The monoisotopic (exact) mass is 610 g/mol. The minimum Gasteiger partial charge on any atom is -0.491 e. The van der Waals surface area contributed by atoms with Gasteiger partial charge < -0.3 is 35.4 Å². The molecule has 5 atom stereocenters. The molecule has 2 aliphatic rings. The molecule has 44 heavy (non-hydrogen) atoms. The van der Waals surface area contributed by atoms with Crippen molar-refractivity contribution in [2.75, 3.05) is 13.2 Å². The molecule has 1 saturated carbocycles. The number of amides is 2. The average Bonchev–Trinajstić information content (AvgIpc) is 3.30. The summed E-state index contributed by atoms with van der Waals surface area (Å²) in [6.45, 7) is 5.51. The van der Waals surface area contributed by atoms with Crippen molar-refractivity contribution in [3.05, 3.63) is 65.2 Å². The summed E-state index contributed by atoms with van der Waals surface area (Å²) in [6, 6.07) is 13.9. The highest BCUT2D eigenvalue weighted by Crippen LogP contribution is 2.33. The van der Waals surface area contributed by atoms with Gasteiger partial charge in [0.15, 0.2) is 0 Å². The zero-order chi connectivity index (χ0) is 31.7. The summed E-state index contributed by atoms with van der Waals surface area (Å²) in [5.74, 6) is 0.0911. The standard InChI is InChI=1S/C35H50N2O7/c1-35(2,3)44-34(42)36-29(20-23-9-5-4-6-10-23)30(39)22-26(19-24-13-15-27(16-14-24)43-18-17-38)33(41)37-32-28-12-8-7-11-25(28)21-31(32)40/h7-8,11-16,23,26,29-32,38-40H,4-6,9-10,17-22H2,1-3H3,(H,36,42)(H,37,41)/t26-,29+,30+,31-,32+/m1/s1. The van der Waals surface area contributed by atoms with E-state index in [0.29, 0.717) is 30.9 Å². The number of rotatable bonds is 13. The smallest absolute Gasteiger partial charge is 0.407 e. The van der Waals surface area contributed by atoms with Crippen molar-refractivity contribution in [1.82, 2.24) is 10.6 Å². The predicted octanol–water partition coefficient (Wildman–Crippen LogP) is 4.61. The van der Waals surface area contributed by atoms with E-state index in [1.165, 1.54) is 6.42 Å². The quantitative estimate of drug-likeness (QED) is 0.223. The van der Waals surface area contributed by atoms with Crippen LogP contribution in [-0.2, 0) is 22.4 Å². The first-order valence-electron chi connectivity index (χ1n) is 16.1. The Morgan fingerprint density at radius 3 is 2.41 bits per heavy atom. The van der Waals surface area contributed by atoms with Gasteiger partial charge in [-0.1, -0.05) is 68.5 Å². The van der Waals surface area contributed by atoms with Crippen molar-refractivity contribution in [2.24, 2.45) is 11.8 Å². The molecule has 0 radical (unpaired) electrons. The highest BCUT2D eigenvalue weighted by Gasteiger charge is 2.36. The van der Waals surface area contributed by atoms with Crippen molar-refractivity contribution in [1.29, 1.82) is 0 Å². The summed E-state index contributed by atoms with van der Waals surface area (Å²) >= 11 is 0. The lowest BCUT2D eigenvalue weighted by atomic mass is 9.82. The zero-order valence-electron chi connectivity index (χ0n) is 26.3. The Balaban J connectivity index is 1.53. The third-order valence-corrected chi connectivity index (χ3v) is 8.64. The van der Waals surface area contributed by atoms with Crippen LogP contribution < -0.4 is 15.4 Å². The summed E-state index contributed by atoms with van der Waals surface area (Å²) in [4.78, 5) is 26.8. The number of fused-ring (bicyclic) bond motifs is 1. The first kappa shape index (κ1) is 33.7. The molecule has 9 nitrogen and oxygen atoms in total. The Morgan fingerprint density at radius 2 is 1.73 bits per heavy atom. The van der Waals surface area contributed by atoms with Gasteiger partial charge >= 0.3 is 6.09 Å². The second-order valence-corrected chi connectivity index (χ2v) is 13.4. The molecular formula is C35H50N2O7. The van der Waals surface area contributed by atoms with Crippen LogP contribution in [0.1, 0.15) is 88.4 Å². The van der Waals surface area contributed by atoms with E-state index >= 15 is 0 Å². The molecule has 0 saturated heterocycles. The maximum absolute atomic E-state index is 13.9. The SMILES string of the molecule is CC(C)(C)OC(=O)N[C@@H](CC1CCCCC1)[C@@H](O)C[C@@H](Cc1ccc(OCCO)cc1)C(=O)N[C@H]1c2ccccc2C[C@H]1O. The lowest BCUT2D eigenvalue weighted by molar-refractivity contribution is -0.127. The number of aliphatic hydroxyl groups excluding tert-OH is 3. The Labute approximate surface area is 261 Å². The maximum atomic E-state index is 13.9. The minimum absolute atomic E-state index is 0.0859. The van der Waals surface area contributed by atoms with Crippen molar-refractivity contribution in [3.8, 4) is 5.75 Å². The van der Waals surface area contributed by atoms with Gasteiger partial charge in [0.2, 0.25) is 5.91 Å². The summed E-state index contributed by atoms with van der Waals surface area (Å²) in [5, 5.41) is 37.5. The molecule has 242 valence electrons. The molecule has 0 aromatic heterocycles. The molecule has 2 aliphatic carbocycles. The van der Waals surface area contributed by atoms with Crippen LogP contribution in [0.25, 0.3) is 0 Å². The lowest BCUT2D eigenvalue weighted by Gasteiger charge is -2.32. The number of aliphatic hydroxyl groups is 3. The van der Waals surface area contributed by atoms with Gasteiger partial charge in [0.1, 0.15) is 18.0 Å². The van der Waals surface area contributed by atoms with Crippen LogP contribution in [0.5, 0.6) is 5.75 Å². The first-order valence-corrected chi connectivity index (χ1v) is 16.1. The number of carbonyl (C=O) groups is 2. The van der Waals surface area contributed by atoms with Crippen molar-refractivity contribution >= 4 is 12.0 Å². The molecule has 0 bridgehead atoms. The molecule has 0 spiro atoms. The predicted molar refractivity (Wildman–Crippen MR) is 168 cm³/mol. The molecule has 1 fully saturated rings. The summed E-state index contributed by atoms with van der Waals surface area (Å²) in [6.07, 6.45) is 4.79. The van der Waals surface area contributed by atoms with Gasteiger partial charge in [0, 0.05) is 12.3 Å². The zero-order valence-corrected chi connectivity index (χ0v) is 26.3. The second-order valence-electron chi connectivity index (χ2n) is 13.4. The van der Waals surface area contributed by atoms with E-state index in [1.807, 2.05) is 36.4 Å². The molecule has 0 unspecified atom stereocenters. The van der Waals surface area contributed by atoms with Gasteiger partial charge in [-0.3, -0.25) is 4.79 Å². The Kier molecular flexibility index (Phi) is 12.1. The number of nitrogens with one attached hydrogen (secondary N) is 2. The largest absolute Gasteiger partial charge is 0.491 e. The Bertz CT molecular complexity index is 1210. The van der Waals surface area contributed by atoms with Crippen LogP contribution >= 0.6 is 0 Å². The van der Waals surface area contributed by atoms with Crippen LogP contribution in [0.3, 0.4) is 0 Å². The van der Waals surface area contributed by atoms with Gasteiger partial charge in [0.25, 0.3) is 0 Å². The average molecular weight is 611 g/mol. The third kappa shape index (κ3) is 9.94. The first-order chi connectivity index (χ1) is 21.0. The maximum Gasteiger partial charge on any atom is 0.407 e. The van der Waals surface area contributed by atoms with Crippen molar-refractivity contribution in [2.45, 2.75) is 108 Å². The molecule has 0 heterocycles. The highest BCUT2D eigenvalue weighted by molar-refractivity contribution is 5.80. The number of carbonyl (C=O) groups excluding carboxylic acids is 2. The molecular weight excluding hydrogens is 560 g/mol. The van der Waals surface area contributed by atoms with Crippen LogP contribution in [0.15, 0.2) is 48.5 Å². The highest BCUT2D eigenvalue weighted by atomic mass is 16.6. The van der Waals surface area contributed by atoms with E-state index in [9.17, 15) is 19.8 Å². The number of ether oxygens (including phenoxy) is 2. The lowest BCUT2D eigenvalue weighted by Crippen LogP contribution is -2.48.